The second-order valence-corrected chi connectivity index (χ2v) is 4.69. The second-order valence-electron chi connectivity index (χ2n) is 4.69. The van der Waals surface area contributed by atoms with Gasteiger partial charge < -0.3 is 5.11 Å². The number of aliphatic hydroxyl groups is 1. The van der Waals surface area contributed by atoms with Crippen LogP contribution in [0.15, 0.2) is 24.3 Å². The normalized spacial score (nSPS) is 19.9. The third-order valence-electron chi connectivity index (χ3n) is 3.19. The van der Waals surface area contributed by atoms with Crippen LogP contribution in [0, 0.1) is 0 Å². The van der Waals surface area contributed by atoms with Crippen LogP contribution in [-0.2, 0) is 11.0 Å². The van der Waals surface area contributed by atoms with Crippen molar-refractivity contribution in [2.24, 2.45) is 0 Å². The molecule has 1 N–H and O–H groups in total. The Morgan fingerprint density at radius 3 is 2.70 bits per heavy atom. The van der Waals surface area contributed by atoms with Crippen LogP contribution in [0.2, 0.25) is 0 Å². The van der Waals surface area contributed by atoms with Crippen LogP contribution >= 0.6 is 0 Å². The second kappa shape index (κ2) is 5.32. The smallest absolute Gasteiger partial charge is 0.394 e. The van der Waals surface area contributed by atoms with Crippen molar-refractivity contribution in [2.45, 2.75) is 25.6 Å². The number of benzene rings is 1. The first kappa shape index (κ1) is 14.6. The van der Waals surface area contributed by atoms with Crippen LogP contribution in [0.25, 0.3) is 0 Å². The highest BCUT2D eigenvalue weighted by Gasteiger charge is 2.36. The molecule has 0 spiro atoms. The number of β-amino-alcohol motifs (C(OH)–C–C–N with tert-alkyl or cyclic N) is 1. The minimum absolute atomic E-state index is 0.0689. The van der Waals surface area contributed by atoms with Crippen molar-refractivity contribution >= 4 is 11.6 Å². The van der Waals surface area contributed by atoms with Crippen LogP contribution < -0.4 is 5.01 Å². The van der Waals surface area contributed by atoms with Gasteiger partial charge in [-0.15, -0.1) is 0 Å². The van der Waals surface area contributed by atoms with Crippen LogP contribution in [0.4, 0.5) is 18.9 Å². The Morgan fingerprint density at radius 2 is 2.10 bits per heavy atom. The summed E-state index contributed by atoms with van der Waals surface area (Å²) in [5.74, 6) is -0.205. The fourth-order valence-electron chi connectivity index (χ4n) is 2.35. The van der Waals surface area contributed by atoms with Crippen LogP contribution in [-0.4, -0.2) is 35.2 Å². The zero-order chi connectivity index (χ0) is 14.9. The zero-order valence-electron chi connectivity index (χ0n) is 10.9. The van der Waals surface area contributed by atoms with Gasteiger partial charge in [0, 0.05) is 0 Å². The van der Waals surface area contributed by atoms with E-state index in [-0.39, 0.29) is 31.5 Å². The molecular weight excluding hydrogens is 273 g/mol. The highest BCUT2D eigenvalue weighted by Crippen LogP contribution is 2.34. The summed E-state index contributed by atoms with van der Waals surface area (Å²) in [5, 5.41) is 11.8. The van der Waals surface area contributed by atoms with Crippen LogP contribution in [0.3, 0.4) is 0 Å². The van der Waals surface area contributed by atoms with E-state index in [0.29, 0.717) is 5.69 Å². The highest BCUT2D eigenvalue weighted by atomic mass is 19.4. The standard InChI is InChI=1S/C13H15F3N2O2/c1-9-7-12(20)17(5-6-19)18(9)11-4-2-3-10(8-11)13(14,15)16/h2-4,8-9,19H,5-7H2,1H3. The summed E-state index contributed by atoms with van der Waals surface area (Å²) in [6.45, 7) is 1.59. The number of hydrogen-bond acceptors (Lipinski definition) is 3. The van der Waals surface area contributed by atoms with Gasteiger partial charge in [0.15, 0.2) is 0 Å². The predicted molar refractivity (Wildman–Crippen MR) is 66.8 cm³/mol. The molecule has 0 aromatic heterocycles. The molecule has 1 saturated heterocycles. The van der Waals surface area contributed by atoms with E-state index in [1.807, 2.05) is 0 Å². The molecule has 0 saturated carbocycles. The number of halogens is 3. The average molecular weight is 288 g/mol. The molecule has 1 amide bonds. The molecule has 4 nitrogen and oxygen atoms in total. The average Bonchev–Trinajstić information content (AvgIpc) is 2.64. The van der Waals surface area contributed by atoms with Gasteiger partial charge in [0.05, 0.1) is 36.9 Å². The molecule has 2 rings (SSSR count). The number of hydrazine groups is 1. The van der Waals surface area contributed by atoms with Crippen molar-refractivity contribution in [3.8, 4) is 0 Å². The number of hydrogen-bond donors (Lipinski definition) is 1. The summed E-state index contributed by atoms with van der Waals surface area (Å²) in [4.78, 5) is 11.8. The molecule has 1 aromatic carbocycles. The number of anilines is 1. The van der Waals surface area contributed by atoms with Gasteiger partial charge in [-0.1, -0.05) is 6.07 Å². The molecule has 1 aliphatic heterocycles. The van der Waals surface area contributed by atoms with Crippen molar-refractivity contribution in [2.75, 3.05) is 18.2 Å². The van der Waals surface area contributed by atoms with E-state index in [0.717, 1.165) is 12.1 Å². The van der Waals surface area contributed by atoms with E-state index in [1.165, 1.54) is 22.2 Å². The largest absolute Gasteiger partial charge is 0.416 e. The highest BCUT2D eigenvalue weighted by molar-refractivity contribution is 5.82. The van der Waals surface area contributed by atoms with E-state index >= 15 is 0 Å². The van der Waals surface area contributed by atoms with Gasteiger partial charge in [0.25, 0.3) is 0 Å². The SMILES string of the molecule is CC1CC(=O)N(CCO)N1c1cccc(C(F)(F)F)c1. The Kier molecular flexibility index (Phi) is 3.89. The number of aliphatic hydroxyl groups excluding tert-OH is 1. The maximum Gasteiger partial charge on any atom is 0.416 e. The van der Waals surface area contributed by atoms with Gasteiger partial charge in [-0.05, 0) is 25.1 Å². The third kappa shape index (κ3) is 2.72. The van der Waals surface area contributed by atoms with E-state index < -0.39 is 11.7 Å². The summed E-state index contributed by atoms with van der Waals surface area (Å²) in [7, 11) is 0. The number of amides is 1. The van der Waals surface area contributed by atoms with Gasteiger partial charge in [-0.25, -0.2) is 0 Å². The summed E-state index contributed by atoms with van der Waals surface area (Å²) in [5.41, 5.74) is -0.461. The molecule has 7 heteroatoms. The Hall–Kier alpha value is -1.76. The molecule has 1 unspecified atom stereocenters. The first-order chi connectivity index (χ1) is 9.34. The summed E-state index contributed by atoms with van der Waals surface area (Å²) >= 11 is 0. The quantitative estimate of drug-likeness (QED) is 0.925. The van der Waals surface area contributed by atoms with E-state index in [2.05, 4.69) is 0 Å². The summed E-state index contributed by atoms with van der Waals surface area (Å²) < 4.78 is 38.2. The third-order valence-corrected chi connectivity index (χ3v) is 3.19. The maximum atomic E-state index is 12.7. The topological polar surface area (TPSA) is 43.8 Å². The Morgan fingerprint density at radius 1 is 1.40 bits per heavy atom. The molecular formula is C13H15F3N2O2. The summed E-state index contributed by atoms with van der Waals surface area (Å²) in [6, 6.07) is 4.60. The van der Waals surface area contributed by atoms with Crippen molar-refractivity contribution in [1.82, 2.24) is 5.01 Å². The van der Waals surface area contributed by atoms with Crippen LogP contribution in [0.1, 0.15) is 18.9 Å². The molecule has 1 atom stereocenters. The predicted octanol–water partition coefficient (Wildman–Crippen LogP) is 2.04. The summed E-state index contributed by atoms with van der Waals surface area (Å²) in [6.07, 6.45) is -4.21. The Labute approximate surface area is 114 Å². The molecule has 20 heavy (non-hydrogen) atoms. The monoisotopic (exact) mass is 288 g/mol. The number of carbonyl (C=O) groups is 1. The van der Waals surface area contributed by atoms with Crippen molar-refractivity contribution in [3.63, 3.8) is 0 Å². The van der Waals surface area contributed by atoms with Crippen LogP contribution in [0.5, 0.6) is 0 Å². The number of alkyl halides is 3. The minimum atomic E-state index is -4.43. The van der Waals surface area contributed by atoms with E-state index in [9.17, 15) is 18.0 Å². The Balaban J connectivity index is 2.36. The number of nitrogens with zero attached hydrogens (tertiary/aromatic N) is 2. The maximum absolute atomic E-state index is 12.7. The van der Waals surface area contributed by atoms with Gasteiger partial charge in [0.2, 0.25) is 5.91 Å². The molecule has 110 valence electrons. The van der Waals surface area contributed by atoms with Gasteiger partial charge >= 0.3 is 6.18 Å². The molecule has 1 aromatic rings. The lowest BCUT2D eigenvalue weighted by Crippen LogP contribution is -2.43. The molecule has 1 heterocycles. The van der Waals surface area contributed by atoms with Crippen molar-refractivity contribution in [3.05, 3.63) is 29.8 Å². The molecule has 1 fully saturated rings. The fourth-order valence-corrected chi connectivity index (χ4v) is 2.35. The Bertz CT molecular complexity index is 505. The lowest BCUT2D eigenvalue weighted by Gasteiger charge is -2.32. The molecule has 0 aliphatic carbocycles. The molecule has 0 radical (unpaired) electrons. The van der Waals surface area contributed by atoms with Gasteiger partial charge in [0.1, 0.15) is 0 Å². The fraction of sp³-hybridized carbons (Fsp3) is 0.462. The van der Waals surface area contributed by atoms with Crippen molar-refractivity contribution in [1.29, 1.82) is 0 Å². The number of carbonyl (C=O) groups excluding carboxylic acids is 1. The molecule has 0 bridgehead atoms. The van der Waals surface area contributed by atoms with E-state index in [1.54, 1.807) is 6.92 Å². The molecule has 1 aliphatic rings. The number of rotatable bonds is 3. The first-order valence-electron chi connectivity index (χ1n) is 6.22. The van der Waals surface area contributed by atoms with Gasteiger partial charge in [-0.2, -0.15) is 13.2 Å². The lowest BCUT2D eigenvalue weighted by atomic mass is 10.1. The lowest BCUT2D eigenvalue weighted by molar-refractivity contribution is -0.137. The van der Waals surface area contributed by atoms with Gasteiger partial charge in [-0.3, -0.25) is 14.8 Å². The first-order valence-corrected chi connectivity index (χ1v) is 6.22. The zero-order valence-corrected chi connectivity index (χ0v) is 10.9. The minimum Gasteiger partial charge on any atom is -0.394 e. The van der Waals surface area contributed by atoms with Crippen molar-refractivity contribution < 1.29 is 23.1 Å². The van der Waals surface area contributed by atoms with E-state index in [4.69, 9.17) is 5.11 Å².